The Hall–Kier alpha value is -1.91. The Labute approximate surface area is 175 Å². The van der Waals surface area contributed by atoms with Crippen LogP contribution in [0.15, 0.2) is 109 Å². The smallest absolute Gasteiger partial charge is 0.270 e. The summed E-state index contributed by atoms with van der Waals surface area (Å²) in [7, 11) is -0.446. The van der Waals surface area contributed by atoms with Crippen LogP contribution >= 0.6 is 7.92 Å². The van der Waals surface area contributed by atoms with Gasteiger partial charge < -0.3 is 0 Å². The molecule has 2 heteroatoms. The van der Waals surface area contributed by atoms with Crippen LogP contribution in [0.4, 0.5) is 0 Å². The van der Waals surface area contributed by atoms with E-state index in [1.165, 1.54) is 21.5 Å². The first kappa shape index (κ1) is 21.4. The van der Waals surface area contributed by atoms with Crippen LogP contribution in [0.1, 0.15) is 19.8 Å². The number of benzene rings is 3. The predicted molar refractivity (Wildman–Crippen MR) is 116 cm³/mol. The largest absolute Gasteiger partial charge is 1.00 e. The second-order valence-corrected chi connectivity index (χ2v) is 8.22. The third kappa shape index (κ3) is 6.33. The fraction of sp³-hybridized carbons (Fsp3) is 0.120. The van der Waals surface area contributed by atoms with E-state index < -0.39 is 7.92 Å². The van der Waals surface area contributed by atoms with E-state index in [-0.39, 0.29) is 17.1 Å². The number of allylic oxidation sites excluding steroid dienone is 4. The molecule has 4 rings (SSSR count). The summed E-state index contributed by atoms with van der Waals surface area (Å²) in [5.41, 5.74) is 1.36. The zero-order valence-electron chi connectivity index (χ0n) is 15.5. The van der Waals surface area contributed by atoms with Gasteiger partial charge in [-0.3, -0.25) is 6.08 Å². The van der Waals surface area contributed by atoms with E-state index >= 15 is 0 Å². The Morgan fingerprint density at radius 3 is 1.37 bits per heavy atom. The molecule has 1 aliphatic carbocycles. The number of rotatable bonds is 4. The van der Waals surface area contributed by atoms with Crippen molar-refractivity contribution in [3.63, 3.8) is 0 Å². The molecule has 0 saturated carbocycles. The Kier molecular flexibility index (Phi) is 9.29. The molecular weight excluding hydrogens is 395 g/mol. The van der Waals surface area contributed by atoms with Crippen LogP contribution in [0.3, 0.4) is 0 Å². The van der Waals surface area contributed by atoms with Gasteiger partial charge in [-0.1, -0.05) is 104 Å². The minimum absolute atomic E-state index is 0. The quantitative estimate of drug-likeness (QED) is 0.297. The van der Waals surface area contributed by atoms with E-state index in [9.17, 15) is 0 Å². The summed E-state index contributed by atoms with van der Waals surface area (Å²) in [5.74, 6) is 0. The maximum Gasteiger partial charge on any atom is 1.00 e. The number of hydrogen-bond acceptors (Lipinski definition) is 0. The molecule has 0 nitrogen and oxygen atoms in total. The van der Waals surface area contributed by atoms with Crippen LogP contribution in [-0.4, -0.2) is 0 Å². The van der Waals surface area contributed by atoms with Gasteiger partial charge in [0, 0.05) is 0 Å². The molecule has 0 atom stereocenters. The Morgan fingerprint density at radius 1 is 0.704 bits per heavy atom. The van der Waals surface area contributed by atoms with Crippen LogP contribution in [0, 0.1) is 6.08 Å². The zero-order chi connectivity index (χ0) is 18.0. The first-order valence-electron chi connectivity index (χ1n) is 9.10. The molecule has 27 heavy (non-hydrogen) atoms. The Bertz CT molecular complexity index is 745. The molecule has 0 heterocycles. The molecular formula is C25H24CuP. The van der Waals surface area contributed by atoms with Gasteiger partial charge in [0.15, 0.2) is 0 Å². The van der Waals surface area contributed by atoms with Crippen molar-refractivity contribution in [2.75, 3.05) is 0 Å². The molecule has 0 N–H and O–H groups in total. The van der Waals surface area contributed by atoms with Gasteiger partial charge >= 0.3 is 17.1 Å². The number of hydrogen-bond donors (Lipinski definition) is 0. The SMILES string of the molecule is CCC1=[C-]CC=C1.[Cu+].c1ccc(P(c2ccccc2)c2ccccc2)cc1. The van der Waals surface area contributed by atoms with Crippen molar-refractivity contribution in [1.29, 1.82) is 0 Å². The topological polar surface area (TPSA) is 0 Å². The monoisotopic (exact) mass is 418 g/mol. The molecule has 0 radical (unpaired) electrons. The summed E-state index contributed by atoms with van der Waals surface area (Å²) in [5, 5.41) is 4.19. The molecule has 0 unspecified atom stereocenters. The minimum Gasteiger partial charge on any atom is -0.270 e. The van der Waals surface area contributed by atoms with Gasteiger partial charge in [0.05, 0.1) is 0 Å². The fourth-order valence-corrected chi connectivity index (χ4v) is 5.18. The normalized spacial score (nSPS) is 12.0. The van der Waals surface area contributed by atoms with Crippen LogP contribution < -0.4 is 15.9 Å². The van der Waals surface area contributed by atoms with Crippen LogP contribution in [0.2, 0.25) is 0 Å². The van der Waals surface area contributed by atoms with Crippen molar-refractivity contribution in [3.8, 4) is 0 Å². The molecule has 0 aromatic heterocycles. The van der Waals surface area contributed by atoms with Crippen molar-refractivity contribution < 1.29 is 17.1 Å². The van der Waals surface area contributed by atoms with Crippen molar-refractivity contribution in [2.45, 2.75) is 19.8 Å². The van der Waals surface area contributed by atoms with Gasteiger partial charge in [-0.15, -0.1) is 6.42 Å². The van der Waals surface area contributed by atoms with Gasteiger partial charge in [0.25, 0.3) is 0 Å². The van der Waals surface area contributed by atoms with Gasteiger partial charge in [0.1, 0.15) is 0 Å². The first-order valence-corrected chi connectivity index (χ1v) is 10.4. The molecule has 0 saturated heterocycles. The van der Waals surface area contributed by atoms with E-state index in [0.29, 0.717) is 0 Å². The van der Waals surface area contributed by atoms with Crippen molar-refractivity contribution >= 4 is 23.8 Å². The van der Waals surface area contributed by atoms with E-state index in [1.807, 2.05) is 0 Å². The average Bonchev–Trinajstić information content (AvgIpc) is 3.25. The molecule has 3 aromatic carbocycles. The van der Waals surface area contributed by atoms with Crippen LogP contribution in [0.25, 0.3) is 0 Å². The summed E-state index contributed by atoms with van der Waals surface area (Å²) < 4.78 is 0. The molecule has 0 bridgehead atoms. The van der Waals surface area contributed by atoms with Crippen LogP contribution in [-0.2, 0) is 17.1 Å². The van der Waals surface area contributed by atoms with Crippen molar-refractivity contribution in [1.82, 2.24) is 0 Å². The molecule has 3 aromatic rings. The summed E-state index contributed by atoms with van der Waals surface area (Å²) >= 11 is 0. The molecule has 0 amide bonds. The van der Waals surface area contributed by atoms with Gasteiger partial charge in [-0.05, 0) is 23.8 Å². The molecule has 0 aliphatic heterocycles. The second kappa shape index (κ2) is 11.7. The maximum atomic E-state index is 3.21. The predicted octanol–water partition coefficient (Wildman–Crippen LogP) is 5.53. The fourth-order valence-electron chi connectivity index (χ4n) is 2.87. The summed E-state index contributed by atoms with van der Waals surface area (Å²) in [6.45, 7) is 2.15. The standard InChI is InChI=1S/C18H15P.C7H9.Cu/c1-4-10-16(11-5-1)19(17-12-6-2-7-13-17)18-14-8-3-9-15-18;1-2-7-5-3-4-6-7;/h1-15H;3,5H,2,4H2,1H3;/q;-1;+1. The van der Waals surface area contributed by atoms with E-state index in [1.54, 1.807) is 0 Å². The minimum atomic E-state index is -0.446. The Balaban J connectivity index is 0.000000278. The molecule has 1 aliphatic rings. The third-order valence-electron chi connectivity index (χ3n) is 4.19. The first-order chi connectivity index (χ1) is 12.9. The van der Waals surface area contributed by atoms with Crippen molar-refractivity contribution in [2.24, 2.45) is 0 Å². The summed E-state index contributed by atoms with van der Waals surface area (Å²) in [6.07, 6.45) is 9.65. The van der Waals surface area contributed by atoms with E-state index in [0.717, 1.165) is 12.8 Å². The van der Waals surface area contributed by atoms with E-state index in [2.05, 4.69) is 116 Å². The van der Waals surface area contributed by atoms with Gasteiger partial charge in [-0.25, -0.2) is 11.6 Å². The van der Waals surface area contributed by atoms with Crippen LogP contribution in [0.5, 0.6) is 0 Å². The maximum absolute atomic E-state index is 3.21. The Morgan fingerprint density at radius 2 is 1.11 bits per heavy atom. The average molecular weight is 419 g/mol. The molecule has 0 spiro atoms. The van der Waals surface area contributed by atoms with Crippen molar-refractivity contribution in [3.05, 3.63) is 115 Å². The molecule has 140 valence electrons. The molecule has 0 fully saturated rings. The van der Waals surface area contributed by atoms with E-state index in [4.69, 9.17) is 0 Å². The van der Waals surface area contributed by atoms with Gasteiger partial charge in [0.2, 0.25) is 0 Å². The summed E-state index contributed by atoms with van der Waals surface area (Å²) in [4.78, 5) is 0. The third-order valence-corrected chi connectivity index (χ3v) is 6.63. The van der Waals surface area contributed by atoms with Gasteiger partial charge in [-0.2, -0.15) is 6.08 Å². The summed E-state index contributed by atoms with van der Waals surface area (Å²) in [6, 6.07) is 32.3. The second-order valence-electron chi connectivity index (χ2n) is 6.00. The zero-order valence-corrected chi connectivity index (χ0v) is 17.3.